The molecule has 4 rings (SSSR count). The van der Waals surface area contributed by atoms with Crippen molar-refractivity contribution in [3.05, 3.63) is 57.2 Å². The molecular weight excluding hydrogens is 502 g/mol. The van der Waals surface area contributed by atoms with Crippen LogP contribution in [0.25, 0.3) is 0 Å². The van der Waals surface area contributed by atoms with E-state index in [2.05, 4.69) is 21.2 Å². The molecule has 1 N–H and O–H groups in total. The van der Waals surface area contributed by atoms with E-state index in [1.807, 2.05) is 37.3 Å². The first-order valence-corrected chi connectivity index (χ1v) is 12.0. The predicted molar refractivity (Wildman–Crippen MR) is 131 cm³/mol. The number of methoxy groups -OCH3 is 3. The Bertz CT molecular complexity index is 1160. The minimum Gasteiger partial charge on any atom is -0.493 e. The number of amides is 1. The summed E-state index contributed by atoms with van der Waals surface area (Å²) in [6.07, 6.45) is 1.12. The zero-order valence-electron chi connectivity index (χ0n) is 19.7. The molecule has 0 saturated carbocycles. The number of benzene rings is 2. The van der Waals surface area contributed by atoms with Crippen molar-refractivity contribution in [2.24, 2.45) is 0 Å². The Morgan fingerprint density at radius 3 is 2.32 bits per heavy atom. The molecular formula is C26H28BrNO6. The standard InChI is InChI=1S/C26H28BrNO6/c1-5-34-21-7-6-14(11-22(21)31-2)15-9-19-25(20(29)10-15)17(13-24(30)28-19)16-8-18(27)26(33-4)23(12-16)32-3/h6-8,11-12,15,17H,5,9-10,13H2,1-4H3,(H,28,30). The van der Waals surface area contributed by atoms with Crippen LogP contribution in [0.3, 0.4) is 0 Å². The van der Waals surface area contributed by atoms with E-state index in [0.717, 1.165) is 11.1 Å². The summed E-state index contributed by atoms with van der Waals surface area (Å²) in [6, 6.07) is 9.49. The number of allylic oxidation sites excluding steroid dienone is 2. The molecule has 0 saturated heterocycles. The van der Waals surface area contributed by atoms with Gasteiger partial charge in [-0.05, 0) is 70.6 Å². The lowest BCUT2D eigenvalue weighted by atomic mass is 9.73. The Hall–Kier alpha value is -3.00. The summed E-state index contributed by atoms with van der Waals surface area (Å²) < 4.78 is 22.7. The van der Waals surface area contributed by atoms with Gasteiger partial charge in [-0.2, -0.15) is 0 Å². The van der Waals surface area contributed by atoms with Crippen LogP contribution in [0.2, 0.25) is 0 Å². The van der Waals surface area contributed by atoms with E-state index in [9.17, 15) is 9.59 Å². The lowest BCUT2D eigenvalue weighted by Crippen LogP contribution is -2.38. The minimum absolute atomic E-state index is 0.0370. The molecule has 34 heavy (non-hydrogen) atoms. The molecule has 2 atom stereocenters. The first-order chi connectivity index (χ1) is 16.4. The second-order valence-corrected chi connectivity index (χ2v) is 9.16. The van der Waals surface area contributed by atoms with Crippen LogP contribution in [0.15, 0.2) is 46.1 Å². The van der Waals surface area contributed by atoms with E-state index in [1.165, 1.54) is 0 Å². The SMILES string of the molecule is CCOc1ccc(C2CC(=O)C3=C(C2)NC(=O)CC3c2cc(Br)c(OC)c(OC)c2)cc1OC. The summed E-state index contributed by atoms with van der Waals surface area (Å²) >= 11 is 3.53. The van der Waals surface area contributed by atoms with Gasteiger partial charge in [0.15, 0.2) is 28.8 Å². The van der Waals surface area contributed by atoms with Crippen molar-refractivity contribution in [2.45, 2.75) is 38.0 Å². The van der Waals surface area contributed by atoms with Gasteiger partial charge >= 0.3 is 0 Å². The van der Waals surface area contributed by atoms with Crippen LogP contribution in [0.5, 0.6) is 23.0 Å². The quantitative estimate of drug-likeness (QED) is 0.550. The van der Waals surface area contributed by atoms with E-state index in [1.54, 1.807) is 21.3 Å². The summed E-state index contributed by atoms with van der Waals surface area (Å²) in [5.41, 5.74) is 3.18. The third kappa shape index (κ3) is 4.51. The van der Waals surface area contributed by atoms with Crippen molar-refractivity contribution in [3.63, 3.8) is 0 Å². The maximum atomic E-state index is 13.5. The van der Waals surface area contributed by atoms with Gasteiger partial charge in [0, 0.05) is 30.0 Å². The molecule has 0 fully saturated rings. The maximum absolute atomic E-state index is 13.5. The van der Waals surface area contributed by atoms with Gasteiger partial charge in [0.1, 0.15) is 0 Å². The van der Waals surface area contributed by atoms with Crippen molar-refractivity contribution < 1.29 is 28.5 Å². The summed E-state index contributed by atoms with van der Waals surface area (Å²) in [7, 11) is 4.73. The normalized spacial score (nSPS) is 19.9. The summed E-state index contributed by atoms with van der Waals surface area (Å²) in [4.78, 5) is 26.1. The first kappa shape index (κ1) is 24.1. The van der Waals surface area contributed by atoms with Crippen molar-refractivity contribution in [3.8, 4) is 23.0 Å². The third-order valence-electron chi connectivity index (χ3n) is 6.35. The zero-order valence-corrected chi connectivity index (χ0v) is 21.3. The molecule has 7 nitrogen and oxygen atoms in total. The highest BCUT2D eigenvalue weighted by Gasteiger charge is 2.39. The molecule has 2 aliphatic rings. The third-order valence-corrected chi connectivity index (χ3v) is 6.94. The number of ether oxygens (including phenoxy) is 4. The molecule has 1 aliphatic heterocycles. The molecule has 0 aromatic heterocycles. The molecule has 180 valence electrons. The highest BCUT2D eigenvalue weighted by atomic mass is 79.9. The molecule has 2 unspecified atom stereocenters. The fourth-order valence-corrected chi connectivity index (χ4v) is 5.45. The number of ketones is 1. The molecule has 1 aliphatic carbocycles. The average Bonchev–Trinajstić information content (AvgIpc) is 2.83. The number of halogens is 1. The average molecular weight is 530 g/mol. The van der Waals surface area contributed by atoms with Crippen LogP contribution in [-0.2, 0) is 9.59 Å². The first-order valence-electron chi connectivity index (χ1n) is 11.2. The number of rotatable bonds is 7. The molecule has 0 radical (unpaired) electrons. The smallest absolute Gasteiger partial charge is 0.225 e. The highest BCUT2D eigenvalue weighted by Crippen LogP contribution is 2.46. The highest BCUT2D eigenvalue weighted by molar-refractivity contribution is 9.10. The lowest BCUT2D eigenvalue weighted by Gasteiger charge is -2.35. The van der Waals surface area contributed by atoms with Crippen LogP contribution >= 0.6 is 15.9 Å². The molecule has 0 bridgehead atoms. The predicted octanol–water partition coefficient (Wildman–Crippen LogP) is 4.88. The van der Waals surface area contributed by atoms with Gasteiger partial charge < -0.3 is 24.3 Å². The number of carbonyl (C=O) groups is 2. The zero-order chi connectivity index (χ0) is 24.4. The fraction of sp³-hybridized carbons (Fsp3) is 0.385. The number of hydrogen-bond acceptors (Lipinski definition) is 6. The van der Waals surface area contributed by atoms with Crippen LogP contribution < -0.4 is 24.3 Å². The van der Waals surface area contributed by atoms with Gasteiger partial charge in [-0.1, -0.05) is 6.07 Å². The fourth-order valence-electron chi connectivity index (χ4n) is 4.83. The molecule has 1 amide bonds. The van der Waals surface area contributed by atoms with E-state index in [-0.39, 0.29) is 29.9 Å². The monoisotopic (exact) mass is 529 g/mol. The van der Waals surface area contributed by atoms with Crippen molar-refractivity contribution in [1.29, 1.82) is 0 Å². The summed E-state index contributed by atoms with van der Waals surface area (Å²) in [5, 5.41) is 2.97. The van der Waals surface area contributed by atoms with Gasteiger partial charge in [0.05, 0.1) is 32.4 Å². The Kier molecular flexibility index (Phi) is 7.16. The van der Waals surface area contributed by atoms with Crippen molar-refractivity contribution in [1.82, 2.24) is 5.32 Å². The van der Waals surface area contributed by atoms with Gasteiger partial charge in [-0.25, -0.2) is 0 Å². The molecule has 1 heterocycles. The maximum Gasteiger partial charge on any atom is 0.225 e. The topological polar surface area (TPSA) is 83.1 Å². The Balaban J connectivity index is 1.70. The van der Waals surface area contributed by atoms with Gasteiger partial charge in [0.2, 0.25) is 5.91 Å². The van der Waals surface area contributed by atoms with Crippen molar-refractivity contribution >= 4 is 27.6 Å². The summed E-state index contributed by atoms with van der Waals surface area (Å²) in [5.74, 6) is 1.94. The van der Waals surface area contributed by atoms with E-state index < -0.39 is 0 Å². The number of nitrogens with one attached hydrogen (secondary N) is 1. The van der Waals surface area contributed by atoms with Crippen molar-refractivity contribution in [2.75, 3.05) is 27.9 Å². The second kappa shape index (κ2) is 10.1. The molecule has 8 heteroatoms. The summed E-state index contributed by atoms with van der Waals surface area (Å²) in [6.45, 7) is 2.45. The van der Waals surface area contributed by atoms with Crippen LogP contribution in [-0.4, -0.2) is 39.6 Å². The molecule has 2 aromatic rings. The Morgan fingerprint density at radius 1 is 0.912 bits per heavy atom. The van der Waals surface area contributed by atoms with Gasteiger partial charge in [-0.15, -0.1) is 0 Å². The number of Topliss-reactive ketones (excluding diaryl/α,β-unsaturated/α-hetero) is 1. The lowest BCUT2D eigenvalue weighted by molar-refractivity contribution is -0.122. The van der Waals surface area contributed by atoms with E-state index in [4.69, 9.17) is 18.9 Å². The van der Waals surface area contributed by atoms with E-state index in [0.29, 0.717) is 58.2 Å². The molecule has 2 aromatic carbocycles. The van der Waals surface area contributed by atoms with Crippen LogP contribution in [0, 0.1) is 0 Å². The second-order valence-electron chi connectivity index (χ2n) is 8.31. The number of hydrogen-bond donors (Lipinski definition) is 1. The van der Waals surface area contributed by atoms with E-state index >= 15 is 0 Å². The Morgan fingerprint density at radius 2 is 1.65 bits per heavy atom. The largest absolute Gasteiger partial charge is 0.493 e. The Labute approximate surface area is 207 Å². The van der Waals surface area contributed by atoms with Gasteiger partial charge in [0.25, 0.3) is 0 Å². The van der Waals surface area contributed by atoms with Crippen LogP contribution in [0.4, 0.5) is 0 Å². The van der Waals surface area contributed by atoms with Crippen LogP contribution in [0.1, 0.15) is 49.1 Å². The minimum atomic E-state index is -0.344. The van der Waals surface area contributed by atoms with Gasteiger partial charge in [-0.3, -0.25) is 9.59 Å². The number of carbonyl (C=O) groups excluding carboxylic acids is 2. The molecule has 0 spiro atoms.